The highest BCUT2D eigenvalue weighted by atomic mass is 16.6. The lowest BCUT2D eigenvalue weighted by molar-refractivity contribution is -0.554. The van der Waals surface area contributed by atoms with Gasteiger partial charge in [-0.15, -0.1) is 0 Å². The molecule has 1 aliphatic rings. The Labute approximate surface area is 101 Å². The van der Waals surface area contributed by atoms with Gasteiger partial charge in [0.05, 0.1) is 0 Å². The van der Waals surface area contributed by atoms with Crippen LogP contribution in [0.25, 0.3) is 0 Å². The number of hydrogen-bond donors (Lipinski definition) is 0. The van der Waals surface area contributed by atoms with Gasteiger partial charge in [0.1, 0.15) is 5.78 Å². The third-order valence-electron chi connectivity index (χ3n) is 3.50. The first-order chi connectivity index (χ1) is 7.99. The van der Waals surface area contributed by atoms with Crippen molar-refractivity contribution in [1.29, 1.82) is 0 Å². The largest absolute Gasteiger partial charge is 0.300 e. The van der Waals surface area contributed by atoms with Gasteiger partial charge in [-0.25, -0.2) is 0 Å². The van der Waals surface area contributed by atoms with Crippen LogP contribution in [0.3, 0.4) is 0 Å². The zero-order valence-corrected chi connectivity index (χ0v) is 10.2. The van der Waals surface area contributed by atoms with Crippen LogP contribution in [0, 0.1) is 10.1 Å². The van der Waals surface area contributed by atoms with E-state index in [4.69, 9.17) is 0 Å². The summed E-state index contributed by atoms with van der Waals surface area (Å²) >= 11 is 0. The molecule has 1 rings (SSSR count). The summed E-state index contributed by atoms with van der Waals surface area (Å²) in [6.45, 7) is 1.40. The molecule has 1 saturated carbocycles. The highest BCUT2D eigenvalue weighted by molar-refractivity contribution is 5.88. The van der Waals surface area contributed by atoms with Gasteiger partial charge in [-0.05, 0) is 19.8 Å². The lowest BCUT2D eigenvalue weighted by Crippen LogP contribution is -2.47. The number of Topliss-reactive ketones (excluding diaryl/α,β-unsaturated/α-hetero) is 2. The first kappa shape index (κ1) is 13.8. The molecular weight excluding hydrogens is 222 g/mol. The number of nitrogens with zero attached hydrogens (tertiary/aromatic N) is 1. The third kappa shape index (κ3) is 3.35. The standard InChI is InChI=1S/C12H19NO4/c1-10(14)7-9-12(13(16)17)8-5-3-2-4-6-11(12)15/h2-9H2,1H3/t12-/m0/s1. The summed E-state index contributed by atoms with van der Waals surface area (Å²) in [5.41, 5.74) is -1.49. The Morgan fingerprint density at radius 1 is 1.35 bits per heavy atom. The van der Waals surface area contributed by atoms with Crippen molar-refractivity contribution in [3.8, 4) is 0 Å². The average Bonchev–Trinajstić information content (AvgIpc) is 2.23. The first-order valence-electron chi connectivity index (χ1n) is 6.16. The third-order valence-corrected chi connectivity index (χ3v) is 3.50. The fourth-order valence-electron chi connectivity index (χ4n) is 2.36. The molecule has 0 spiro atoms. The van der Waals surface area contributed by atoms with Crippen LogP contribution in [0.2, 0.25) is 0 Å². The lowest BCUT2D eigenvalue weighted by atomic mass is 9.79. The summed E-state index contributed by atoms with van der Waals surface area (Å²) in [7, 11) is 0. The van der Waals surface area contributed by atoms with Gasteiger partial charge in [-0.3, -0.25) is 14.9 Å². The van der Waals surface area contributed by atoms with Crippen molar-refractivity contribution in [1.82, 2.24) is 0 Å². The minimum absolute atomic E-state index is 0.0637. The highest BCUT2D eigenvalue weighted by Gasteiger charge is 2.49. The molecular formula is C12H19NO4. The van der Waals surface area contributed by atoms with Gasteiger partial charge in [0.25, 0.3) is 5.54 Å². The maximum absolute atomic E-state index is 12.0. The molecule has 1 atom stereocenters. The van der Waals surface area contributed by atoms with Crippen molar-refractivity contribution >= 4 is 11.6 Å². The maximum atomic E-state index is 12.0. The molecule has 0 aromatic heterocycles. The van der Waals surface area contributed by atoms with Gasteiger partial charge < -0.3 is 4.79 Å². The normalized spacial score (nSPS) is 26.1. The molecule has 17 heavy (non-hydrogen) atoms. The Balaban J connectivity index is 2.87. The maximum Gasteiger partial charge on any atom is 0.279 e. The van der Waals surface area contributed by atoms with Crippen molar-refractivity contribution in [2.24, 2.45) is 0 Å². The Morgan fingerprint density at radius 3 is 2.59 bits per heavy atom. The van der Waals surface area contributed by atoms with Crippen LogP contribution >= 0.6 is 0 Å². The lowest BCUT2D eigenvalue weighted by Gasteiger charge is -2.25. The van der Waals surface area contributed by atoms with E-state index >= 15 is 0 Å². The highest BCUT2D eigenvalue weighted by Crippen LogP contribution is 2.30. The van der Waals surface area contributed by atoms with Crippen molar-refractivity contribution in [3.63, 3.8) is 0 Å². The van der Waals surface area contributed by atoms with E-state index in [2.05, 4.69) is 0 Å². The van der Waals surface area contributed by atoms with Crippen LogP contribution in [-0.2, 0) is 9.59 Å². The van der Waals surface area contributed by atoms with Gasteiger partial charge in [-0.1, -0.05) is 12.8 Å². The molecule has 0 unspecified atom stereocenters. The van der Waals surface area contributed by atoms with Crippen LogP contribution in [-0.4, -0.2) is 22.0 Å². The Morgan fingerprint density at radius 2 is 2.00 bits per heavy atom. The van der Waals surface area contributed by atoms with Crippen molar-refractivity contribution in [3.05, 3.63) is 10.1 Å². The number of rotatable bonds is 4. The number of ketones is 2. The number of carbonyl (C=O) groups excluding carboxylic acids is 2. The molecule has 0 saturated heterocycles. The van der Waals surface area contributed by atoms with E-state index in [-0.39, 0.29) is 37.2 Å². The van der Waals surface area contributed by atoms with E-state index < -0.39 is 10.5 Å². The molecule has 1 aliphatic carbocycles. The van der Waals surface area contributed by atoms with E-state index in [0.717, 1.165) is 19.3 Å². The van der Waals surface area contributed by atoms with Crippen molar-refractivity contribution in [2.45, 2.75) is 63.8 Å². The van der Waals surface area contributed by atoms with Gasteiger partial charge in [0.15, 0.2) is 0 Å². The quantitative estimate of drug-likeness (QED) is 0.559. The summed E-state index contributed by atoms with van der Waals surface area (Å²) in [6.07, 6.45) is 4.07. The van der Waals surface area contributed by atoms with Gasteiger partial charge >= 0.3 is 0 Å². The molecule has 0 bridgehead atoms. The zero-order chi connectivity index (χ0) is 12.9. The molecule has 0 aromatic carbocycles. The topological polar surface area (TPSA) is 77.3 Å². The van der Waals surface area contributed by atoms with Crippen molar-refractivity contribution in [2.75, 3.05) is 0 Å². The Bertz CT molecular complexity index is 326. The number of hydrogen-bond acceptors (Lipinski definition) is 4. The van der Waals surface area contributed by atoms with E-state index in [9.17, 15) is 19.7 Å². The van der Waals surface area contributed by atoms with Crippen LogP contribution in [0.4, 0.5) is 0 Å². The number of carbonyl (C=O) groups is 2. The van der Waals surface area contributed by atoms with Crippen LogP contribution in [0.15, 0.2) is 0 Å². The molecule has 5 heteroatoms. The minimum atomic E-state index is -1.49. The Hall–Kier alpha value is -1.26. The molecule has 0 aliphatic heterocycles. The SMILES string of the molecule is CC(=O)CC[C@@]1([N+](=O)[O-])CCCCCCC1=O. The van der Waals surface area contributed by atoms with E-state index in [0.29, 0.717) is 6.42 Å². The van der Waals surface area contributed by atoms with Crippen LogP contribution in [0.1, 0.15) is 58.3 Å². The molecule has 0 aromatic rings. The molecule has 0 heterocycles. The van der Waals surface area contributed by atoms with E-state index in [1.807, 2.05) is 0 Å². The van der Waals surface area contributed by atoms with Crippen LogP contribution in [0.5, 0.6) is 0 Å². The van der Waals surface area contributed by atoms with E-state index in [1.54, 1.807) is 0 Å². The minimum Gasteiger partial charge on any atom is -0.300 e. The summed E-state index contributed by atoms with van der Waals surface area (Å²) in [5.74, 6) is -0.385. The number of nitro groups is 1. The average molecular weight is 241 g/mol. The van der Waals surface area contributed by atoms with Gasteiger partial charge in [0, 0.05) is 30.6 Å². The predicted octanol–water partition coefficient (Wildman–Crippen LogP) is 2.29. The van der Waals surface area contributed by atoms with Crippen LogP contribution < -0.4 is 0 Å². The van der Waals surface area contributed by atoms with Gasteiger partial charge in [0.2, 0.25) is 5.78 Å². The fourth-order valence-corrected chi connectivity index (χ4v) is 2.36. The second kappa shape index (κ2) is 5.89. The molecule has 0 radical (unpaired) electrons. The molecule has 0 N–H and O–H groups in total. The molecule has 0 amide bonds. The van der Waals surface area contributed by atoms with Gasteiger partial charge in [-0.2, -0.15) is 0 Å². The second-order valence-corrected chi connectivity index (χ2v) is 4.83. The van der Waals surface area contributed by atoms with E-state index in [1.165, 1.54) is 6.92 Å². The molecule has 1 fully saturated rings. The van der Waals surface area contributed by atoms with Crippen molar-refractivity contribution < 1.29 is 14.5 Å². The fraction of sp³-hybridized carbons (Fsp3) is 0.833. The monoisotopic (exact) mass is 241 g/mol. The summed E-state index contributed by atoms with van der Waals surface area (Å²) in [5, 5.41) is 11.2. The molecule has 5 nitrogen and oxygen atoms in total. The summed E-state index contributed by atoms with van der Waals surface area (Å²) in [4.78, 5) is 33.8. The zero-order valence-electron chi connectivity index (χ0n) is 10.2. The summed E-state index contributed by atoms with van der Waals surface area (Å²) < 4.78 is 0. The Kier molecular flexibility index (Phi) is 4.78. The first-order valence-corrected chi connectivity index (χ1v) is 6.16. The predicted molar refractivity (Wildman–Crippen MR) is 62.3 cm³/mol. The second-order valence-electron chi connectivity index (χ2n) is 4.83. The molecule has 96 valence electrons. The summed E-state index contributed by atoms with van der Waals surface area (Å²) in [6, 6.07) is 0. The smallest absolute Gasteiger partial charge is 0.279 e.